The molecule has 1 atom stereocenters. The zero-order valence-electron chi connectivity index (χ0n) is 10.2. The predicted octanol–water partition coefficient (Wildman–Crippen LogP) is 1.56. The van der Waals surface area contributed by atoms with Gasteiger partial charge in [-0.3, -0.25) is 0 Å². The molecule has 0 aliphatic rings. The second kappa shape index (κ2) is 5.72. The molecule has 0 amide bonds. The lowest BCUT2D eigenvalue weighted by Crippen LogP contribution is -2.14. The summed E-state index contributed by atoms with van der Waals surface area (Å²) in [7, 11) is 0. The number of hydrogen-bond acceptors (Lipinski definition) is 6. The molecule has 0 aliphatic heterocycles. The first kappa shape index (κ1) is 12.7. The molecular formula is C10H14ClN7. The van der Waals surface area contributed by atoms with E-state index in [0.717, 1.165) is 13.0 Å². The van der Waals surface area contributed by atoms with Gasteiger partial charge in [0.1, 0.15) is 12.7 Å². The highest BCUT2D eigenvalue weighted by atomic mass is 35.5. The van der Waals surface area contributed by atoms with Gasteiger partial charge < -0.3 is 5.32 Å². The molecule has 0 bridgehead atoms. The van der Waals surface area contributed by atoms with Gasteiger partial charge in [-0.2, -0.15) is 24.7 Å². The first-order valence-corrected chi connectivity index (χ1v) is 6.07. The van der Waals surface area contributed by atoms with Gasteiger partial charge in [0.25, 0.3) is 5.95 Å². The SMILES string of the molecule is CCC(C)CNc1nc(Cl)nc(-n2cncn2)n1. The molecule has 0 radical (unpaired) electrons. The third kappa shape index (κ3) is 3.13. The second-order valence-electron chi connectivity index (χ2n) is 3.96. The molecule has 0 saturated carbocycles. The Morgan fingerprint density at radius 3 is 2.89 bits per heavy atom. The molecule has 96 valence electrons. The molecule has 0 spiro atoms. The van der Waals surface area contributed by atoms with Crippen molar-refractivity contribution in [3.8, 4) is 5.95 Å². The first-order chi connectivity index (χ1) is 8.69. The number of aromatic nitrogens is 6. The largest absolute Gasteiger partial charge is 0.354 e. The van der Waals surface area contributed by atoms with Crippen molar-refractivity contribution < 1.29 is 0 Å². The fraction of sp³-hybridized carbons (Fsp3) is 0.500. The third-order valence-electron chi connectivity index (χ3n) is 2.53. The summed E-state index contributed by atoms with van der Waals surface area (Å²) in [5, 5.41) is 7.20. The van der Waals surface area contributed by atoms with E-state index in [1.807, 2.05) is 0 Å². The molecule has 2 aromatic rings. The summed E-state index contributed by atoms with van der Waals surface area (Å²) in [6.45, 7) is 5.06. The van der Waals surface area contributed by atoms with Crippen molar-refractivity contribution in [3.05, 3.63) is 17.9 Å². The maximum atomic E-state index is 5.85. The van der Waals surface area contributed by atoms with Crippen molar-refractivity contribution in [3.63, 3.8) is 0 Å². The van der Waals surface area contributed by atoms with Crippen molar-refractivity contribution in [1.82, 2.24) is 29.7 Å². The Morgan fingerprint density at radius 1 is 1.39 bits per heavy atom. The van der Waals surface area contributed by atoms with Gasteiger partial charge >= 0.3 is 0 Å². The van der Waals surface area contributed by atoms with Gasteiger partial charge in [-0.1, -0.05) is 20.3 Å². The average Bonchev–Trinajstić information content (AvgIpc) is 2.89. The van der Waals surface area contributed by atoms with Gasteiger partial charge in [-0.05, 0) is 17.5 Å². The summed E-state index contributed by atoms with van der Waals surface area (Å²) in [5.41, 5.74) is 0. The molecule has 18 heavy (non-hydrogen) atoms. The van der Waals surface area contributed by atoms with Crippen LogP contribution in [0.5, 0.6) is 0 Å². The van der Waals surface area contributed by atoms with Crippen LogP contribution in [0.2, 0.25) is 5.28 Å². The van der Waals surface area contributed by atoms with E-state index in [9.17, 15) is 0 Å². The van der Waals surface area contributed by atoms with E-state index in [2.05, 4.69) is 44.2 Å². The fourth-order valence-electron chi connectivity index (χ4n) is 1.24. The second-order valence-corrected chi connectivity index (χ2v) is 4.30. The highest BCUT2D eigenvalue weighted by Gasteiger charge is 2.08. The molecular weight excluding hydrogens is 254 g/mol. The highest BCUT2D eigenvalue weighted by molar-refractivity contribution is 6.28. The van der Waals surface area contributed by atoms with Crippen LogP contribution < -0.4 is 5.32 Å². The maximum absolute atomic E-state index is 5.85. The smallest absolute Gasteiger partial charge is 0.258 e. The van der Waals surface area contributed by atoms with Crippen LogP contribution in [0.3, 0.4) is 0 Å². The molecule has 0 fully saturated rings. The Labute approximate surface area is 110 Å². The Balaban J connectivity index is 2.17. The minimum Gasteiger partial charge on any atom is -0.354 e. The van der Waals surface area contributed by atoms with Gasteiger partial charge in [0.2, 0.25) is 11.2 Å². The molecule has 7 nitrogen and oxygen atoms in total. The Bertz CT molecular complexity index is 499. The van der Waals surface area contributed by atoms with Crippen molar-refractivity contribution in [1.29, 1.82) is 0 Å². The third-order valence-corrected chi connectivity index (χ3v) is 2.69. The molecule has 1 N–H and O–H groups in total. The molecule has 1 unspecified atom stereocenters. The molecule has 0 saturated heterocycles. The number of anilines is 1. The number of nitrogens with zero attached hydrogens (tertiary/aromatic N) is 6. The van der Waals surface area contributed by atoms with Crippen LogP contribution in [0.4, 0.5) is 5.95 Å². The van der Waals surface area contributed by atoms with Crippen LogP contribution in [-0.4, -0.2) is 36.3 Å². The quantitative estimate of drug-likeness (QED) is 0.885. The summed E-state index contributed by atoms with van der Waals surface area (Å²) in [5.74, 6) is 1.33. The van der Waals surface area contributed by atoms with E-state index in [1.54, 1.807) is 0 Å². The first-order valence-electron chi connectivity index (χ1n) is 5.69. The normalized spacial score (nSPS) is 12.4. The lowest BCUT2D eigenvalue weighted by Gasteiger charge is -2.10. The topological polar surface area (TPSA) is 81.4 Å². The van der Waals surface area contributed by atoms with Crippen LogP contribution >= 0.6 is 11.6 Å². The number of halogens is 1. The van der Waals surface area contributed by atoms with E-state index < -0.39 is 0 Å². The Morgan fingerprint density at radius 2 is 2.22 bits per heavy atom. The van der Waals surface area contributed by atoms with Crippen LogP contribution in [0, 0.1) is 5.92 Å². The van der Waals surface area contributed by atoms with Gasteiger partial charge in [0, 0.05) is 6.54 Å². The molecule has 0 aromatic carbocycles. The summed E-state index contributed by atoms with van der Waals surface area (Å²) in [6, 6.07) is 0. The molecule has 2 aromatic heterocycles. The summed E-state index contributed by atoms with van der Waals surface area (Å²) >= 11 is 5.85. The van der Waals surface area contributed by atoms with E-state index in [1.165, 1.54) is 17.3 Å². The maximum Gasteiger partial charge on any atom is 0.258 e. The minimum atomic E-state index is 0.127. The van der Waals surface area contributed by atoms with E-state index >= 15 is 0 Å². The molecule has 2 heterocycles. The monoisotopic (exact) mass is 267 g/mol. The summed E-state index contributed by atoms with van der Waals surface area (Å²) in [4.78, 5) is 16.1. The van der Waals surface area contributed by atoms with Crippen LogP contribution in [0.15, 0.2) is 12.7 Å². The van der Waals surface area contributed by atoms with Gasteiger partial charge in [-0.15, -0.1) is 0 Å². The predicted molar refractivity (Wildman–Crippen MR) is 67.7 cm³/mol. The Kier molecular flexibility index (Phi) is 4.03. The van der Waals surface area contributed by atoms with Crippen molar-refractivity contribution in [2.24, 2.45) is 5.92 Å². The number of hydrogen-bond donors (Lipinski definition) is 1. The van der Waals surface area contributed by atoms with Crippen LogP contribution in [0.1, 0.15) is 20.3 Å². The molecule has 0 aliphatic carbocycles. The fourth-order valence-corrected chi connectivity index (χ4v) is 1.40. The summed E-state index contributed by atoms with van der Waals surface area (Å²) in [6.07, 6.45) is 4.00. The van der Waals surface area contributed by atoms with Crippen LogP contribution in [0.25, 0.3) is 5.95 Å². The van der Waals surface area contributed by atoms with Crippen molar-refractivity contribution in [2.75, 3.05) is 11.9 Å². The van der Waals surface area contributed by atoms with Crippen LogP contribution in [-0.2, 0) is 0 Å². The Hall–Kier alpha value is -1.76. The lowest BCUT2D eigenvalue weighted by atomic mass is 10.1. The van der Waals surface area contributed by atoms with Crippen molar-refractivity contribution >= 4 is 17.5 Å². The molecule has 2 rings (SSSR count). The lowest BCUT2D eigenvalue weighted by molar-refractivity contribution is 0.590. The summed E-state index contributed by atoms with van der Waals surface area (Å²) < 4.78 is 1.43. The number of rotatable bonds is 5. The zero-order chi connectivity index (χ0) is 13.0. The van der Waals surface area contributed by atoms with Gasteiger partial charge in [-0.25, -0.2) is 4.98 Å². The van der Waals surface area contributed by atoms with Crippen molar-refractivity contribution in [2.45, 2.75) is 20.3 Å². The average molecular weight is 268 g/mol. The van der Waals surface area contributed by atoms with E-state index in [4.69, 9.17) is 11.6 Å². The van der Waals surface area contributed by atoms with Gasteiger partial charge in [0.15, 0.2) is 0 Å². The van der Waals surface area contributed by atoms with E-state index in [-0.39, 0.29) is 5.28 Å². The standard InChI is InChI=1S/C10H14ClN7/c1-3-7(2)4-13-9-15-8(11)16-10(17-9)18-6-12-5-14-18/h5-7H,3-4H2,1-2H3,(H,13,15,16,17). The highest BCUT2D eigenvalue weighted by Crippen LogP contribution is 2.09. The zero-order valence-corrected chi connectivity index (χ0v) is 11.0. The molecule has 8 heteroatoms. The van der Waals surface area contributed by atoms with E-state index in [0.29, 0.717) is 17.8 Å². The number of nitrogens with one attached hydrogen (secondary N) is 1. The minimum absolute atomic E-state index is 0.127. The van der Waals surface area contributed by atoms with Gasteiger partial charge in [0.05, 0.1) is 0 Å².